The van der Waals surface area contributed by atoms with E-state index in [1.54, 1.807) is 25.1 Å². The van der Waals surface area contributed by atoms with E-state index in [1.807, 2.05) is 6.92 Å². The Morgan fingerprint density at radius 1 is 0.892 bits per heavy atom. The van der Waals surface area contributed by atoms with Gasteiger partial charge in [0, 0.05) is 11.4 Å². The molecule has 3 aromatic carbocycles. The molecule has 3 aromatic rings. The van der Waals surface area contributed by atoms with E-state index < -0.39 is 44.2 Å². The standard InChI is InChI=1S/C24H24F3N3O5S2/c1-16-7-12-22(17(2)13-16)30(36(3,32)33)15-23(31)28-19-8-10-21(11-9-19)37(34,35)29-20-6-4-5-18(14-20)24(25,26)27/h4-14,29H,15H2,1-3H3,(H,28,31). The van der Waals surface area contributed by atoms with Crippen LogP contribution in [-0.4, -0.2) is 35.5 Å². The first kappa shape index (κ1) is 28.0. The van der Waals surface area contributed by atoms with E-state index in [2.05, 4.69) is 10.0 Å². The van der Waals surface area contributed by atoms with Gasteiger partial charge in [-0.15, -0.1) is 0 Å². The lowest BCUT2D eigenvalue weighted by Crippen LogP contribution is -2.37. The molecule has 0 spiro atoms. The maximum atomic E-state index is 12.9. The van der Waals surface area contributed by atoms with Gasteiger partial charge in [-0.25, -0.2) is 16.8 Å². The molecule has 0 saturated heterocycles. The molecule has 37 heavy (non-hydrogen) atoms. The van der Waals surface area contributed by atoms with Crippen LogP contribution in [0.15, 0.2) is 71.6 Å². The van der Waals surface area contributed by atoms with Crippen molar-refractivity contribution in [2.45, 2.75) is 24.9 Å². The largest absolute Gasteiger partial charge is 0.416 e. The predicted molar refractivity (Wildman–Crippen MR) is 135 cm³/mol. The van der Waals surface area contributed by atoms with E-state index in [1.165, 1.54) is 18.2 Å². The number of carbonyl (C=O) groups excluding carboxylic acids is 1. The average molecular weight is 556 g/mol. The first-order valence-electron chi connectivity index (χ1n) is 10.7. The SMILES string of the molecule is Cc1ccc(N(CC(=O)Nc2ccc(S(=O)(=O)Nc3cccc(C(F)(F)F)c3)cc2)S(C)(=O)=O)c(C)c1. The van der Waals surface area contributed by atoms with Crippen molar-refractivity contribution in [3.63, 3.8) is 0 Å². The van der Waals surface area contributed by atoms with Crippen LogP contribution < -0.4 is 14.3 Å². The number of nitrogens with zero attached hydrogens (tertiary/aromatic N) is 1. The molecule has 0 aliphatic heterocycles. The molecular weight excluding hydrogens is 531 g/mol. The number of carbonyl (C=O) groups is 1. The highest BCUT2D eigenvalue weighted by molar-refractivity contribution is 7.92. The van der Waals surface area contributed by atoms with Crippen LogP contribution in [0.4, 0.5) is 30.2 Å². The van der Waals surface area contributed by atoms with Crippen LogP contribution in [0, 0.1) is 13.8 Å². The van der Waals surface area contributed by atoms with Crippen LogP contribution in [0.2, 0.25) is 0 Å². The van der Waals surface area contributed by atoms with Crippen molar-refractivity contribution >= 4 is 43.0 Å². The maximum Gasteiger partial charge on any atom is 0.416 e. The van der Waals surface area contributed by atoms with E-state index in [-0.39, 0.29) is 16.3 Å². The van der Waals surface area contributed by atoms with Crippen molar-refractivity contribution in [1.29, 1.82) is 0 Å². The third kappa shape index (κ3) is 7.23. The molecule has 13 heteroatoms. The Morgan fingerprint density at radius 3 is 2.11 bits per heavy atom. The minimum Gasteiger partial charge on any atom is -0.325 e. The number of hydrogen-bond donors (Lipinski definition) is 2. The third-order valence-electron chi connectivity index (χ3n) is 5.20. The summed E-state index contributed by atoms with van der Waals surface area (Å²) in [7, 11) is -8.02. The summed E-state index contributed by atoms with van der Waals surface area (Å²) in [5.74, 6) is -0.664. The second kappa shape index (κ2) is 10.4. The number of aryl methyl sites for hydroxylation is 2. The first-order chi connectivity index (χ1) is 17.1. The number of hydrogen-bond acceptors (Lipinski definition) is 5. The molecule has 0 fully saturated rings. The lowest BCUT2D eigenvalue weighted by Gasteiger charge is -2.24. The topological polar surface area (TPSA) is 113 Å². The van der Waals surface area contributed by atoms with E-state index >= 15 is 0 Å². The Bertz CT molecular complexity index is 1520. The van der Waals surface area contributed by atoms with Crippen molar-refractivity contribution in [3.8, 4) is 0 Å². The smallest absolute Gasteiger partial charge is 0.325 e. The fourth-order valence-electron chi connectivity index (χ4n) is 3.49. The highest BCUT2D eigenvalue weighted by Gasteiger charge is 2.31. The molecule has 3 rings (SSSR count). The van der Waals surface area contributed by atoms with Crippen molar-refractivity contribution in [3.05, 3.63) is 83.4 Å². The summed E-state index contributed by atoms with van der Waals surface area (Å²) in [6.45, 7) is 3.07. The number of amides is 1. The van der Waals surface area contributed by atoms with Crippen LogP contribution in [0.1, 0.15) is 16.7 Å². The van der Waals surface area contributed by atoms with Gasteiger partial charge in [-0.05, 0) is 67.9 Å². The quantitative estimate of drug-likeness (QED) is 0.424. The van der Waals surface area contributed by atoms with Gasteiger partial charge in [-0.2, -0.15) is 13.2 Å². The van der Waals surface area contributed by atoms with Crippen LogP contribution in [-0.2, 0) is 31.0 Å². The van der Waals surface area contributed by atoms with Gasteiger partial charge < -0.3 is 5.32 Å². The number of nitrogens with one attached hydrogen (secondary N) is 2. The van der Waals surface area contributed by atoms with Gasteiger partial charge in [0.25, 0.3) is 10.0 Å². The van der Waals surface area contributed by atoms with Gasteiger partial charge >= 0.3 is 6.18 Å². The number of rotatable bonds is 8. The number of benzene rings is 3. The Morgan fingerprint density at radius 2 is 1.54 bits per heavy atom. The average Bonchev–Trinajstić information content (AvgIpc) is 2.77. The van der Waals surface area contributed by atoms with Gasteiger partial charge in [0.1, 0.15) is 6.54 Å². The van der Waals surface area contributed by atoms with Crippen LogP contribution in [0.5, 0.6) is 0 Å². The van der Waals surface area contributed by atoms with Crippen molar-refractivity contribution < 1.29 is 34.8 Å². The molecule has 0 aliphatic rings. The van der Waals surface area contributed by atoms with E-state index in [9.17, 15) is 34.8 Å². The number of sulfonamides is 2. The number of halogens is 3. The molecule has 0 heterocycles. The minimum atomic E-state index is -4.63. The second-order valence-corrected chi connectivity index (χ2v) is 11.9. The monoisotopic (exact) mass is 555 g/mol. The summed E-state index contributed by atoms with van der Waals surface area (Å²) in [4.78, 5) is 12.4. The molecule has 0 aliphatic carbocycles. The van der Waals surface area contributed by atoms with Crippen LogP contribution in [0.3, 0.4) is 0 Å². The van der Waals surface area contributed by atoms with Gasteiger partial charge in [-0.1, -0.05) is 23.8 Å². The first-order valence-corrected chi connectivity index (χ1v) is 14.0. The predicted octanol–water partition coefficient (Wildman–Crippen LogP) is 4.53. The lowest BCUT2D eigenvalue weighted by molar-refractivity contribution is -0.137. The Labute approximate surface area is 213 Å². The number of anilines is 3. The number of alkyl halides is 3. The second-order valence-electron chi connectivity index (χ2n) is 8.32. The fourth-order valence-corrected chi connectivity index (χ4v) is 5.45. The molecule has 8 nitrogen and oxygen atoms in total. The van der Waals surface area contributed by atoms with Gasteiger partial charge in [0.2, 0.25) is 15.9 Å². The van der Waals surface area contributed by atoms with Gasteiger partial charge in [-0.3, -0.25) is 13.8 Å². The van der Waals surface area contributed by atoms with Crippen molar-refractivity contribution in [2.24, 2.45) is 0 Å². The zero-order valence-electron chi connectivity index (χ0n) is 20.0. The summed E-state index contributed by atoms with van der Waals surface area (Å²) >= 11 is 0. The van der Waals surface area contributed by atoms with Crippen LogP contribution in [0.25, 0.3) is 0 Å². The molecule has 198 valence electrons. The molecule has 0 bridgehead atoms. The Balaban J connectivity index is 1.73. The van der Waals surface area contributed by atoms with Gasteiger partial charge in [0.05, 0.1) is 22.4 Å². The maximum absolute atomic E-state index is 12.9. The van der Waals surface area contributed by atoms with Gasteiger partial charge in [0.15, 0.2) is 0 Å². The van der Waals surface area contributed by atoms with Crippen LogP contribution >= 0.6 is 0 Å². The van der Waals surface area contributed by atoms with E-state index in [0.29, 0.717) is 17.3 Å². The summed E-state index contributed by atoms with van der Waals surface area (Å²) < 4.78 is 91.7. The fraction of sp³-hybridized carbons (Fsp3) is 0.208. The highest BCUT2D eigenvalue weighted by Crippen LogP contribution is 2.31. The normalized spacial score (nSPS) is 12.2. The zero-order valence-corrected chi connectivity index (χ0v) is 21.6. The zero-order chi connectivity index (χ0) is 27.6. The molecule has 0 unspecified atom stereocenters. The minimum absolute atomic E-state index is 0.192. The summed E-state index contributed by atoms with van der Waals surface area (Å²) in [5, 5.41) is 2.51. The molecular formula is C24H24F3N3O5S2. The molecule has 1 amide bonds. The van der Waals surface area contributed by atoms with Crippen molar-refractivity contribution in [1.82, 2.24) is 0 Å². The van der Waals surface area contributed by atoms with E-state index in [4.69, 9.17) is 0 Å². The van der Waals surface area contributed by atoms with Crippen molar-refractivity contribution in [2.75, 3.05) is 27.1 Å². The molecule has 0 aromatic heterocycles. The molecule has 0 radical (unpaired) electrons. The van der Waals surface area contributed by atoms with E-state index in [0.717, 1.165) is 40.4 Å². The molecule has 0 saturated carbocycles. The Kier molecular flexibility index (Phi) is 7.89. The third-order valence-corrected chi connectivity index (χ3v) is 7.72. The Hall–Kier alpha value is -3.58. The lowest BCUT2D eigenvalue weighted by atomic mass is 10.1. The summed E-state index contributed by atoms with van der Waals surface area (Å²) in [5.41, 5.74) is 0.870. The summed E-state index contributed by atoms with van der Waals surface area (Å²) in [6, 6.07) is 13.8. The molecule has 2 N–H and O–H groups in total. The molecule has 0 atom stereocenters. The highest BCUT2D eigenvalue weighted by atomic mass is 32.2. The summed E-state index contributed by atoms with van der Waals surface area (Å²) in [6.07, 6.45) is -3.65.